The summed E-state index contributed by atoms with van der Waals surface area (Å²) in [5.41, 5.74) is 5.37. The Morgan fingerprint density at radius 3 is 2.67 bits per heavy atom. The van der Waals surface area contributed by atoms with Crippen LogP contribution in [0.2, 0.25) is 0 Å². The zero-order chi connectivity index (χ0) is 11.7. The fraction of sp³-hybridized carbons (Fsp3) is 0.818. The molecule has 0 aromatic heterocycles. The van der Waals surface area contributed by atoms with Gasteiger partial charge in [0.2, 0.25) is 5.91 Å². The van der Waals surface area contributed by atoms with Crippen molar-refractivity contribution in [3.05, 3.63) is 0 Å². The Hall–Kier alpha value is -0.640. The average molecular weight is 230 g/mol. The van der Waals surface area contributed by atoms with Crippen LogP contribution in [0.5, 0.6) is 0 Å². The van der Waals surface area contributed by atoms with E-state index in [2.05, 4.69) is 12.2 Å². The van der Waals surface area contributed by atoms with E-state index in [4.69, 9.17) is 18.0 Å². The average Bonchev–Trinajstić information content (AvgIpc) is 2.16. The number of thiocarbonyl (C=S) groups is 1. The van der Waals surface area contributed by atoms with E-state index >= 15 is 0 Å². The number of nitrogens with one attached hydrogen (secondary N) is 1. The number of rotatable bonds is 8. The van der Waals surface area contributed by atoms with Gasteiger partial charge in [0.25, 0.3) is 0 Å². The van der Waals surface area contributed by atoms with Gasteiger partial charge < -0.3 is 11.1 Å². The van der Waals surface area contributed by atoms with E-state index in [1.807, 2.05) is 6.92 Å². The van der Waals surface area contributed by atoms with E-state index in [0.717, 1.165) is 38.6 Å². The Morgan fingerprint density at radius 1 is 1.47 bits per heavy atom. The minimum absolute atomic E-state index is 0.130. The molecule has 0 radical (unpaired) electrons. The van der Waals surface area contributed by atoms with E-state index in [-0.39, 0.29) is 11.8 Å². The lowest BCUT2D eigenvalue weighted by Gasteiger charge is -2.10. The molecule has 0 aliphatic rings. The standard InChI is InChI=1S/C11H22N2OS/c1-3-6-9(2)11(14)13-8-5-4-7-10(12)15/h9H,3-8H2,1-2H3,(H2,12,15)(H,13,14). The normalized spacial score (nSPS) is 12.1. The first-order chi connectivity index (χ1) is 7.07. The molecule has 3 N–H and O–H groups in total. The molecule has 0 aromatic rings. The highest BCUT2D eigenvalue weighted by Crippen LogP contribution is 2.04. The molecule has 0 heterocycles. The second-order valence-electron chi connectivity index (χ2n) is 3.90. The molecule has 0 bridgehead atoms. The summed E-state index contributed by atoms with van der Waals surface area (Å²) in [5, 5.41) is 2.92. The summed E-state index contributed by atoms with van der Waals surface area (Å²) in [4.78, 5) is 12.0. The molecule has 0 saturated heterocycles. The molecule has 4 heteroatoms. The molecule has 1 atom stereocenters. The van der Waals surface area contributed by atoms with Gasteiger partial charge in [-0.15, -0.1) is 0 Å². The van der Waals surface area contributed by atoms with Crippen LogP contribution in [0.1, 0.15) is 46.0 Å². The minimum Gasteiger partial charge on any atom is -0.393 e. The van der Waals surface area contributed by atoms with Gasteiger partial charge in [0.05, 0.1) is 4.99 Å². The first kappa shape index (κ1) is 14.4. The van der Waals surface area contributed by atoms with Crippen LogP contribution in [0.4, 0.5) is 0 Å². The van der Waals surface area contributed by atoms with E-state index in [0.29, 0.717) is 4.99 Å². The van der Waals surface area contributed by atoms with E-state index in [9.17, 15) is 4.79 Å². The molecule has 0 rings (SSSR count). The Morgan fingerprint density at radius 2 is 2.13 bits per heavy atom. The molecule has 0 spiro atoms. The maximum Gasteiger partial charge on any atom is 0.222 e. The van der Waals surface area contributed by atoms with Crippen molar-refractivity contribution >= 4 is 23.1 Å². The molecule has 1 amide bonds. The highest BCUT2D eigenvalue weighted by molar-refractivity contribution is 7.80. The number of hydrogen-bond acceptors (Lipinski definition) is 2. The lowest BCUT2D eigenvalue weighted by molar-refractivity contribution is -0.124. The van der Waals surface area contributed by atoms with E-state index in [1.54, 1.807) is 0 Å². The monoisotopic (exact) mass is 230 g/mol. The summed E-state index contributed by atoms with van der Waals surface area (Å²) in [7, 11) is 0. The maximum atomic E-state index is 11.5. The van der Waals surface area contributed by atoms with Gasteiger partial charge in [0.15, 0.2) is 0 Å². The molecule has 0 saturated carbocycles. The molecular weight excluding hydrogens is 208 g/mol. The minimum atomic E-state index is 0.130. The number of amides is 1. The van der Waals surface area contributed by atoms with Crippen LogP contribution in [-0.4, -0.2) is 17.4 Å². The smallest absolute Gasteiger partial charge is 0.222 e. The van der Waals surface area contributed by atoms with Gasteiger partial charge in [-0.3, -0.25) is 4.79 Å². The third kappa shape index (κ3) is 8.36. The Bertz CT molecular complexity index is 207. The van der Waals surface area contributed by atoms with Gasteiger partial charge in [0, 0.05) is 12.5 Å². The van der Waals surface area contributed by atoms with Crippen LogP contribution < -0.4 is 11.1 Å². The van der Waals surface area contributed by atoms with Crippen LogP contribution in [0, 0.1) is 5.92 Å². The van der Waals surface area contributed by atoms with Gasteiger partial charge in [-0.25, -0.2) is 0 Å². The summed E-state index contributed by atoms with van der Waals surface area (Å²) in [5.74, 6) is 0.290. The largest absolute Gasteiger partial charge is 0.393 e. The van der Waals surface area contributed by atoms with Crippen molar-refractivity contribution in [2.45, 2.75) is 46.0 Å². The lowest BCUT2D eigenvalue weighted by atomic mass is 10.1. The van der Waals surface area contributed by atoms with E-state index < -0.39 is 0 Å². The van der Waals surface area contributed by atoms with E-state index in [1.165, 1.54) is 0 Å². The third-order valence-corrected chi connectivity index (χ3v) is 2.52. The van der Waals surface area contributed by atoms with Gasteiger partial charge in [0.1, 0.15) is 0 Å². The maximum absolute atomic E-state index is 11.5. The molecule has 0 aliphatic carbocycles. The van der Waals surface area contributed by atoms with Crippen molar-refractivity contribution in [3.63, 3.8) is 0 Å². The fourth-order valence-electron chi connectivity index (χ4n) is 1.37. The number of carbonyl (C=O) groups excluding carboxylic acids is 1. The molecule has 3 nitrogen and oxygen atoms in total. The van der Waals surface area contributed by atoms with Crippen LogP contribution in [0.25, 0.3) is 0 Å². The second-order valence-corrected chi connectivity index (χ2v) is 4.43. The van der Waals surface area contributed by atoms with Crippen molar-refractivity contribution in [2.75, 3.05) is 6.54 Å². The fourth-order valence-corrected chi connectivity index (χ4v) is 1.52. The molecular formula is C11H22N2OS. The number of nitrogens with two attached hydrogens (primary N) is 1. The molecule has 15 heavy (non-hydrogen) atoms. The number of hydrogen-bond donors (Lipinski definition) is 2. The van der Waals surface area contributed by atoms with Gasteiger partial charge in [-0.2, -0.15) is 0 Å². The topological polar surface area (TPSA) is 55.1 Å². The third-order valence-electron chi connectivity index (χ3n) is 2.32. The van der Waals surface area contributed by atoms with Gasteiger partial charge >= 0.3 is 0 Å². The van der Waals surface area contributed by atoms with Crippen LogP contribution in [0.3, 0.4) is 0 Å². The van der Waals surface area contributed by atoms with Crippen molar-refractivity contribution in [3.8, 4) is 0 Å². The first-order valence-corrected chi connectivity index (χ1v) is 6.04. The second kappa shape index (κ2) is 8.65. The summed E-state index contributed by atoms with van der Waals surface area (Å²) in [6.07, 6.45) is 4.68. The molecule has 88 valence electrons. The lowest BCUT2D eigenvalue weighted by Crippen LogP contribution is -2.30. The summed E-state index contributed by atoms with van der Waals surface area (Å²) in [6, 6.07) is 0. The van der Waals surface area contributed by atoms with Crippen molar-refractivity contribution in [1.29, 1.82) is 0 Å². The Kier molecular flexibility index (Phi) is 8.28. The van der Waals surface area contributed by atoms with Crippen molar-refractivity contribution < 1.29 is 4.79 Å². The predicted molar refractivity (Wildman–Crippen MR) is 67.7 cm³/mol. The Labute approximate surface area is 97.8 Å². The molecule has 0 fully saturated rings. The quantitative estimate of drug-likeness (QED) is 0.495. The summed E-state index contributed by atoms with van der Waals surface area (Å²) < 4.78 is 0. The SMILES string of the molecule is CCCC(C)C(=O)NCCCCC(N)=S. The van der Waals surface area contributed by atoms with Crippen molar-refractivity contribution in [1.82, 2.24) is 5.32 Å². The Balaban J connectivity index is 3.42. The predicted octanol–water partition coefficient (Wildman–Crippen LogP) is 2.00. The number of carbonyl (C=O) groups is 1. The number of unbranched alkanes of at least 4 members (excludes halogenated alkanes) is 1. The van der Waals surface area contributed by atoms with Gasteiger partial charge in [-0.05, 0) is 25.7 Å². The first-order valence-electron chi connectivity index (χ1n) is 5.64. The summed E-state index contributed by atoms with van der Waals surface area (Å²) >= 11 is 4.76. The van der Waals surface area contributed by atoms with Gasteiger partial charge in [-0.1, -0.05) is 32.5 Å². The van der Waals surface area contributed by atoms with Crippen LogP contribution >= 0.6 is 12.2 Å². The highest BCUT2D eigenvalue weighted by Gasteiger charge is 2.09. The van der Waals surface area contributed by atoms with Crippen molar-refractivity contribution in [2.24, 2.45) is 11.7 Å². The van der Waals surface area contributed by atoms with Crippen LogP contribution in [-0.2, 0) is 4.79 Å². The molecule has 0 aliphatic heterocycles. The summed E-state index contributed by atoms with van der Waals surface area (Å²) in [6.45, 7) is 4.79. The highest BCUT2D eigenvalue weighted by atomic mass is 32.1. The zero-order valence-electron chi connectivity index (χ0n) is 9.71. The molecule has 0 aromatic carbocycles. The molecule has 1 unspecified atom stereocenters. The van der Waals surface area contributed by atoms with Crippen LogP contribution in [0.15, 0.2) is 0 Å². The zero-order valence-corrected chi connectivity index (χ0v) is 10.5.